The second-order valence-corrected chi connectivity index (χ2v) is 9.97. The average molecular weight is 496 g/mol. The van der Waals surface area contributed by atoms with Gasteiger partial charge >= 0.3 is 11.9 Å². The Hall–Kier alpha value is -2.83. The first-order chi connectivity index (χ1) is 15.8. The zero-order valence-electron chi connectivity index (χ0n) is 18.3. The molecule has 0 bridgehead atoms. The van der Waals surface area contributed by atoms with Gasteiger partial charge in [-0.3, -0.25) is 4.79 Å². The van der Waals surface area contributed by atoms with Crippen LogP contribution < -0.4 is 5.32 Å². The van der Waals surface area contributed by atoms with E-state index in [0.29, 0.717) is 18.0 Å². The number of sulfonamides is 1. The van der Waals surface area contributed by atoms with Crippen molar-refractivity contribution in [3.63, 3.8) is 0 Å². The van der Waals surface area contributed by atoms with Gasteiger partial charge < -0.3 is 14.8 Å². The fourth-order valence-corrected chi connectivity index (χ4v) is 5.47. The van der Waals surface area contributed by atoms with E-state index in [9.17, 15) is 22.8 Å². The summed E-state index contributed by atoms with van der Waals surface area (Å²) < 4.78 is 37.0. The summed E-state index contributed by atoms with van der Waals surface area (Å²) in [4.78, 5) is 40.2. The number of nitrogens with one attached hydrogen (secondary N) is 1. The number of carbonyl (C=O) groups is 3. The smallest absolute Gasteiger partial charge is 0.357 e. The molecule has 10 nitrogen and oxygen atoms in total. The van der Waals surface area contributed by atoms with Gasteiger partial charge in [-0.05, 0) is 51.0 Å². The van der Waals surface area contributed by atoms with Gasteiger partial charge in [0.2, 0.25) is 15.9 Å². The number of carbonyl (C=O) groups excluding carboxylic acids is 3. The minimum Gasteiger partial charge on any atom is -0.462 e. The number of anilines is 1. The van der Waals surface area contributed by atoms with Crippen LogP contribution in [0.15, 0.2) is 34.5 Å². The molecule has 2 heterocycles. The van der Waals surface area contributed by atoms with Crippen LogP contribution in [0.2, 0.25) is 0 Å². The fraction of sp³-hybridized carbons (Fsp3) is 0.429. The normalized spacial score (nSPS) is 15.1. The third kappa shape index (κ3) is 5.95. The molecule has 178 valence electrons. The fourth-order valence-electron chi connectivity index (χ4n) is 3.32. The molecule has 1 aliphatic rings. The predicted octanol–water partition coefficient (Wildman–Crippen LogP) is 2.54. The van der Waals surface area contributed by atoms with Crippen molar-refractivity contribution < 1.29 is 32.3 Å². The highest BCUT2D eigenvalue weighted by molar-refractivity contribution is 7.89. The van der Waals surface area contributed by atoms with Crippen LogP contribution in [0.3, 0.4) is 0 Å². The minimum atomic E-state index is -3.75. The summed E-state index contributed by atoms with van der Waals surface area (Å²) in [5, 5.41) is 4.49. The van der Waals surface area contributed by atoms with Crippen molar-refractivity contribution in [1.82, 2.24) is 9.29 Å². The van der Waals surface area contributed by atoms with Crippen molar-refractivity contribution in [2.24, 2.45) is 5.92 Å². The minimum absolute atomic E-state index is 0.0766. The number of hydrogen-bond donors (Lipinski definition) is 1. The standard InChI is InChI=1S/C21H25N3O7S2/c1-3-30-19(26)15-5-7-16(8-6-15)33(28,29)24-11-9-14(10-12-24)18(25)23-21-22-17(13-32-21)20(27)31-4-2/h5-8,13-14H,3-4,9-12H2,1-2H3,(H,22,23,25). The number of ether oxygens (including phenoxy) is 2. The number of thiazole rings is 1. The van der Waals surface area contributed by atoms with Gasteiger partial charge in [0.25, 0.3) is 0 Å². The summed E-state index contributed by atoms with van der Waals surface area (Å²) in [5.74, 6) is -1.71. The van der Waals surface area contributed by atoms with E-state index in [-0.39, 0.29) is 54.3 Å². The van der Waals surface area contributed by atoms with Crippen molar-refractivity contribution in [1.29, 1.82) is 0 Å². The molecule has 0 unspecified atom stereocenters. The lowest BCUT2D eigenvalue weighted by molar-refractivity contribution is -0.120. The monoisotopic (exact) mass is 495 g/mol. The maximum atomic E-state index is 12.9. The molecule has 0 saturated carbocycles. The molecule has 2 aromatic rings. The topological polar surface area (TPSA) is 132 Å². The number of hydrogen-bond acceptors (Lipinski definition) is 9. The summed E-state index contributed by atoms with van der Waals surface area (Å²) in [6.07, 6.45) is 0.699. The first kappa shape index (κ1) is 24.8. The predicted molar refractivity (Wildman–Crippen MR) is 121 cm³/mol. The van der Waals surface area contributed by atoms with Crippen molar-refractivity contribution in [2.75, 3.05) is 31.6 Å². The molecule has 0 radical (unpaired) electrons. The number of nitrogens with zero attached hydrogens (tertiary/aromatic N) is 2. The molecule has 3 rings (SSSR count). The van der Waals surface area contributed by atoms with E-state index < -0.39 is 22.0 Å². The second-order valence-electron chi connectivity index (χ2n) is 7.17. The van der Waals surface area contributed by atoms with E-state index in [1.54, 1.807) is 13.8 Å². The number of rotatable bonds is 8. The van der Waals surface area contributed by atoms with Gasteiger partial charge in [0.15, 0.2) is 10.8 Å². The Balaban J connectivity index is 1.57. The molecule has 1 aromatic carbocycles. The Kier molecular flexibility index (Phi) is 8.16. The summed E-state index contributed by atoms with van der Waals surface area (Å²) in [7, 11) is -3.75. The summed E-state index contributed by atoms with van der Waals surface area (Å²) in [6.45, 7) is 4.22. The molecule has 0 atom stereocenters. The van der Waals surface area contributed by atoms with E-state index in [2.05, 4.69) is 10.3 Å². The first-order valence-corrected chi connectivity index (χ1v) is 12.8. The first-order valence-electron chi connectivity index (χ1n) is 10.5. The molecule has 1 fully saturated rings. The van der Waals surface area contributed by atoms with Gasteiger partial charge in [-0.1, -0.05) is 0 Å². The highest BCUT2D eigenvalue weighted by atomic mass is 32.2. The Bertz CT molecular complexity index is 1110. The van der Waals surface area contributed by atoms with Gasteiger partial charge in [0.05, 0.1) is 23.7 Å². The quantitative estimate of drug-likeness (QED) is 0.553. The van der Waals surface area contributed by atoms with Gasteiger partial charge in [-0.2, -0.15) is 4.31 Å². The number of esters is 2. The van der Waals surface area contributed by atoms with Crippen LogP contribution in [0.1, 0.15) is 47.5 Å². The molecule has 1 N–H and O–H groups in total. The number of piperidine rings is 1. The van der Waals surface area contributed by atoms with E-state index in [1.165, 1.54) is 34.0 Å². The largest absolute Gasteiger partial charge is 0.462 e. The lowest BCUT2D eigenvalue weighted by atomic mass is 9.97. The summed E-state index contributed by atoms with van der Waals surface area (Å²) >= 11 is 1.12. The summed E-state index contributed by atoms with van der Waals surface area (Å²) in [5.41, 5.74) is 0.409. The zero-order chi connectivity index (χ0) is 24.0. The molecule has 12 heteroatoms. The van der Waals surface area contributed by atoms with Crippen molar-refractivity contribution in [2.45, 2.75) is 31.6 Å². The SMILES string of the molecule is CCOC(=O)c1ccc(S(=O)(=O)N2CCC(C(=O)Nc3nc(C(=O)OCC)cs3)CC2)cc1. The van der Waals surface area contributed by atoms with Crippen LogP contribution in [0, 0.1) is 5.92 Å². The van der Waals surface area contributed by atoms with E-state index in [4.69, 9.17) is 9.47 Å². The molecule has 1 saturated heterocycles. The van der Waals surface area contributed by atoms with E-state index in [0.717, 1.165) is 11.3 Å². The van der Waals surface area contributed by atoms with E-state index in [1.807, 2.05) is 0 Å². The molecule has 1 amide bonds. The molecular formula is C21H25N3O7S2. The molecule has 0 aliphatic carbocycles. The lowest BCUT2D eigenvalue weighted by Gasteiger charge is -2.30. The third-order valence-electron chi connectivity index (χ3n) is 5.05. The molecule has 33 heavy (non-hydrogen) atoms. The lowest BCUT2D eigenvalue weighted by Crippen LogP contribution is -2.41. The van der Waals surface area contributed by atoms with E-state index >= 15 is 0 Å². The van der Waals surface area contributed by atoms with Crippen LogP contribution >= 0.6 is 11.3 Å². The average Bonchev–Trinajstić information content (AvgIpc) is 3.28. The maximum absolute atomic E-state index is 12.9. The van der Waals surface area contributed by atoms with Crippen molar-refractivity contribution in [3.8, 4) is 0 Å². The number of benzene rings is 1. The third-order valence-corrected chi connectivity index (χ3v) is 7.72. The van der Waals surface area contributed by atoms with Crippen LogP contribution in [0.5, 0.6) is 0 Å². The number of amides is 1. The van der Waals surface area contributed by atoms with Crippen LogP contribution in [0.25, 0.3) is 0 Å². The van der Waals surface area contributed by atoms with Gasteiger partial charge in [0.1, 0.15) is 0 Å². The molecule has 1 aromatic heterocycles. The second kappa shape index (κ2) is 10.9. The van der Waals surface area contributed by atoms with Crippen LogP contribution in [-0.4, -0.2) is 61.9 Å². The number of aromatic nitrogens is 1. The zero-order valence-corrected chi connectivity index (χ0v) is 19.9. The molecular weight excluding hydrogens is 470 g/mol. The Morgan fingerprint density at radius 3 is 2.27 bits per heavy atom. The Morgan fingerprint density at radius 2 is 1.67 bits per heavy atom. The van der Waals surface area contributed by atoms with Crippen molar-refractivity contribution in [3.05, 3.63) is 40.9 Å². The highest BCUT2D eigenvalue weighted by Gasteiger charge is 2.32. The Morgan fingerprint density at radius 1 is 1.06 bits per heavy atom. The highest BCUT2D eigenvalue weighted by Crippen LogP contribution is 2.26. The van der Waals surface area contributed by atoms with Gasteiger partial charge in [-0.15, -0.1) is 11.3 Å². The van der Waals surface area contributed by atoms with Crippen LogP contribution in [0.4, 0.5) is 5.13 Å². The van der Waals surface area contributed by atoms with Gasteiger partial charge in [0, 0.05) is 24.4 Å². The maximum Gasteiger partial charge on any atom is 0.357 e. The Labute approximate surface area is 196 Å². The van der Waals surface area contributed by atoms with Gasteiger partial charge in [-0.25, -0.2) is 23.0 Å². The van der Waals surface area contributed by atoms with Crippen LogP contribution in [-0.2, 0) is 24.3 Å². The molecule has 0 spiro atoms. The summed E-state index contributed by atoms with van der Waals surface area (Å²) in [6, 6.07) is 5.60. The molecule has 1 aliphatic heterocycles. The van der Waals surface area contributed by atoms with Crippen molar-refractivity contribution >= 4 is 44.3 Å².